The number of thioether (sulfide) groups is 1. The zero-order valence-electron chi connectivity index (χ0n) is 28.4. The Labute approximate surface area is 292 Å². The summed E-state index contributed by atoms with van der Waals surface area (Å²) in [5.74, 6) is -2.78. The molecule has 0 fully saturated rings. The number of sulfone groups is 1. The van der Waals surface area contributed by atoms with Crippen molar-refractivity contribution in [3.05, 3.63) is 40.3 Å². The van der Waals surface area contributed by atoms with Crippen molar-refractivity contribution >= 4 is 56.9 Å². The Morgan fingerprint density at radius 3 is 2.29 bits per heavy atom. The molecular weight excluding hydrogens is 679 g/mol. The largest absolute Gasteiger partial charge is 0.481 e. The first-order chi connectivity index (χ1) is 23.3. The van der Waals surface area contributed by atoms with E-state index in [2.05, 4.69) is 15.3 Å². The van der Waals surface area contributed by atoms with Crippen LogP contribution in [0.3, 0.4) is 0 Å². The van der Waals surface area contributed by atoms with Crippen LogP contribution in [-0.2, 0) is 29.0 Å². The van der Waals surface area contributed by atoms with Gasteiger partial charge in [-0.3, -0.25) is 24.1 Å². The lowest BCUT2D eigenvalue weighted by Crippen LogP contribution is -2.43. The summed E-state index contributed by atoms with van der Waals surface area (Å²) in [5, 5.41) is 15.2. The number of amides is 3. The molecule has 0 saturated carbocycles. The van der Waals surface area contributed by atoms with Gasteiger partial charge in [-0.1, -0.05) is 11.5 Å². The van der Waals surface area contributed by atoms with Gasteiger partial charge in [0, 0.05) is 60.6 Å². The van der Waals surface area contributed by atoms with E-state index in [-0.39, 0.29) is 49.9 Å². The van der Waals surface area contributed by atoms with Crippen LogP contribution < -0.4 is 16.0 Å². The van der Waals surface area contributed by atoms with Gasteiger partial charge in [0.2, 0.25) is 5.91 Å². The standard InChI is InChI=1S/C31H49N7O9S2/c1-4-37(5-2)30(43)23-12-14-24(15-13-23)38(31(44)47-25(21-49(3,45)46)10-7-6-8-19-34-36-33)22-48-20-26(27(39)16-17-29(41)42)35-28(40)11-9-18-32/h12-15,25-26H,4-11,16-22,32H2,1-3H3,(H,35,40)(H,41,42). The summed E-state index contributed by atoms with van der Waals surface area (Å²) in [6, 6.07) is 5.21. The number of nitrogens with two attached hydrogens (primary N) is 1. The van der Waals surface area contributed by atoms with Crippen molar-refractivity contribution in [2.24, 2.45) is 10.8 Å². The summed E-state index contributed by atoms with van der Waals surface area (Å²) in [7, 11) is -3.54. The average Bonchev–Trinajstić information content (AvgIpc) is 3.05. The smallest absolute Gasteiger partial charge is 0.415 e. The first kappa shape index (κ1) is 43.2. The van der Waals surface area contributed by atoms with Gasteiger partial charge in [-0.05, 0) is 75.9 Å². The first-order valence-electron chi connectivity index (χ1n) is 16.1. The molecule has 274 valence electrons. The maximum atomic E-state index is 13.7. The van der Waals surface area contributed by atoms with Crippen LogP contribution in [0.2, 0.25) is 0 Å². The van der Waals surface area contributed by atoms with Gasteiger partial charge in [0.25, 0.3) is 5.91 Å². The summed E-state index contributed by atoms with van der Waals surface area (Å²) in [6.07, 6.45) is 0.897. The summed E-state index contributed by atoms with van der Waals surface area (Å²) in [5.41, 5.74) is 14.7. The van der Waals surface area contributed by atoms with Crippen LogP contribution in [-0.4, -0.2) is 110 Å². The van der Waals surface area contributed by atoms with Gasteiger partial charge < -0.3 is 25.8 Å². The van der Waals surface area contributed by atoms with Crippen molar-refractivity contribution in [2.45, 2.75) is 77.4 Å². The predicted octanol–water partition coefficient (Wildman–Crippen LogP) is 3.74. The molecule has 0 heterocycles. The number of nitrogens with zero attached hydrogens (tertiary/aromatic N) is 5. The number of benzene rings is 1. The highest BCUT2D eigenvalue weighted by atomic mass is 32.2. The molecule has 1 aromatic rings. The number of carboxylic acids is 1. The van der Waals surface area contributed by atoms with Gasteiger partial charge in [0.1, 0.15) is 6.10 Å². The van der Waals surface area contributed by atoms with Gasteiger partial charge in [-0.15, -0.1) is 11.8 Å². The third-order valence-electron chi connectivity index (χ3n) is 7.22. The van der Waals surface area contributed by atoms with Crippen LogP contribution in [0.25, 0.3) is 10.4 Å². The number of ether oxygens (including phenoxy) is 1. The van der Waals surface area contributed by atoms with E-state index in [1.807, 2.05) is 13.8 Å². The molecule has 4 N–H and O–H groups in total. The fourth-order valence-corrected chi connectivity index (χ4v) is 6.57. The number of carbonyl (C=O) groups excluding carboxylic acids is 4. The van der Waals surface area contributed by atoms with E-state index in [1.165, 1.54) is 4.90 Å². The van der Waals surface area contributed by atoms with E-state index in [1.54, 1.807) is 29.2 Å². The van der Waals surface area contributed by atoms with Crippen LogP contribution in [0, 0.1) is 0 Å². The van der Waals surface area contributed by atoms with Crippen LogP contribution in [0.5, 0.6) is 0 Å². The molecule has 3 amide bonds. The molecule has 0 radical (unpaired) electrons. The van der Waals surface area contributed by atoms with E-state index >= 15 is 0 Å². The second-order valence-electron chi connectivity index (χ2n) is 11.2. The number of Topliss-reactive ketones (excluding diaryl/α,β-unsaturated/α-hetero) is 1. The lowest BCUT2D eigenvalue weighted by Gasteiger charge is -2.26. The maximum Gasteiger partial charge on any atom is 0.415 e. The third kappa shape index (κ3) is 17.9. The molecule has 16 nitrogen and oxygen atoms in total. The first-order valence-corrected chi connectivity index (χ1v) is 19.3. The minimum absolute atomic E-state index is 0.00687. The minimum Gasteiger partial charge on any atom is -0.481 e. The molecule has 0 aliphatic carbocycles. The number of hydrogen-bond donors (Lipinski definition) is 3. The number of hydrogen-bond acceptors (Lipinski definition) is 11. The van der Waals surface area contributed by atoms with E-state index in [4.69, 9.17) is 21.1 Å². The molecule has 0 saturated heterocycles. The molecule has 2 unspecified atom stereocenters. The second kappa shape index (κ2) is 23.5. The Morgan fingerprint density at radius 1 is 1.04 bits per heavy atom. The van der Waals surface area contributed by atoms with Gasteiger partial charge in [-0.2, -0.15) is 0 Å². The molecular formula is C31H49N7O9S2. The monoisotopic (exact) mass is 727 g/mol. The highest BCUT2D eigenvalue weighted by molar-refractivity contribution is 7.99. The topological polar surface area (TPSA) is 242 Å². The molecule has 1 rings (SSSR count). The maximum absolute atomic E-state index is 13.7. The lowest BCUT2D eigenvalue weighted by atomic mass is 10.1. The predicted molar refractivity (Wildman–Crippen MR) is 188 cm³/mol. The molecule has 0 aliphatic rings. The fourth-order valence-electron chi connectivity index (χ4n) is 4.62. The zero-order valence-corrected chi connectivity index (χ0v) is 30.0. The number of nitrogens with one attached hydrogen (secondary N) is 1. The van der Waals surface area contributed by atoms with Gasteiger partial charge in [-0.25, -0.2) is 13.2 Å². The van der Waals surface area contributed by atoms with Crippen molar-refractivity contribution < 1.29 is 42.2 Å². The highest BCUT2D eigenvalue weighted by Gasteiger charge is 2.27. The molecule has 0 aliphatic heterocycles. The fraction of sp³-hybridized carbons (Fsp3) is 0.645. The molecule has 1 aromatic carbocycles. The van der Waals surface area contributed by atoms with Crippen LogP contribution in [0.4, 0.5) is 10.5 Å². The van der Waals surface area contributed by atoms with Crippen molar-refractivity contribution in [2.75, 3.05) is 54.7 Å². The molecule has 0 aromatic heterocycles. The summed E-state index contributed by atoms with van der Waals surface area (Å²) in [4.78, 5) is 68.5. The van der Waals surface area contributed by atoms with Crippen molar-refractivity contribution in [1.82, 2.24) is 10.2 Å². The van der Waals surface area contributed by atoms with E-state index in [9.17, 15) is 32.4 Å². The van der Waals surface area contributed by atoms with Crippen LogP contribution in [0.15, 0.2) is 29.4 Å². The Balaban J connectivity index is 3.29. The van der Waals surface area contributed by atoms with Gasteiger partial charge in [0.15, 0.2) is 15.6 Å². The number of rotatable bonds is 25. The average molecular weight is 728 g/mol. The van der Waals surface area contributed by atoms with E-state index in [0.29, 0.717) is 50.0 Å². The van der Waals surface area contributed by atoms with E-state index in [0.717, 1.165) is 18.0 Å². The number of aliphatic carboxylic acids is 1. The number of carbonyl (C=O) groups is 5. The van der Waals surface area contributed by atoms with Crippen molar-refractivity contribution in [3.8, 4) is 0 Å². The Hall–Kier alpha value is -3.86. The Kier molecular flexibility index (Phi) is 20.7. The van der Waals surface area contributed by atoms with Crippen LogP contribution >= 0.6 is 11.8 Å². The number of carboxylic acid groups (broad SMARTS) is 1. The number of unbranched alkanes of at least 4 members (excludes halogenated alkanes) is 2. The van der Waals surface area contributed by atoms with Gasteiger partial charge >= 0.3 is 12.1 Å². The van der Waals surface area contributed by atoms with E-state index < -0.39 is 57.9 Å². The lowest BCUT2D eigenvalue weighted by molar-refractivity contribution is -0.138. The molecule has 0 spiro atoms. The van der Waals surface area contributed by atoms with Crippen LogP contribution in [0.1, 0.15) is 75.6 Å². The Bertz CT molecular complexity index is 1380. The Morgan fingerprint density at radius 2 is 1.71 bits per heavy atom. The summed E-state index contributed by atoms with van der Waals surface area (Å²) in [6.45, 7) is 5.30. The molecule has 18 heteroatoms. The normalized spacial score (nSPS) is 12.2. The second-order valence-corrected chi connectivity index (χ2v) is 14.4. The highest BCUT2D eigenvalue weighted by Crippen LogP contribution is 2.23. The van der Waals surface area contributed by atoms with Gasteiger partial charge in [0.05, 0.1) is 24.1 Å². The summed E-state index contributed by atoms with van der Waals surface area (Å²) < 4.78 is 30.1. The third-order valence-corrected chi connectivity index (χ3v) is 9.21. The molecule has 0 bridgehead atoms. The SMILES string of the molecule is CCN(CC)C(=O)c1ccc(N(CSCC(NC(=O)CCCN)C(=O)CCC(=O)O)C(=O)OC(CCCCCN=[N+]=[N-])CS(C)(=O)=O)cc1. The van der Waals surface area contributed by atoms with Crippen molar-refractivity contribution in [1.29, 1.82) is 0 Å². The minimum atomic E-state index is -3.54. The molecule has 49 heavy (non-hydrogen) atoms. The number of ketones is 1. The quantitative estimate of drug-likeness (QED) is 0.0431. The zero-order chi connectivity index (χ0) is 36.8. The molecule has 2 atom stereocenters. The number of anilines is 1. The number of azide groups is 1. The van der Waals surface area contributed by atoms with Crippen molar-refractivity contribution in [3.63, 3.8) is 0 Å². The summed E-state index contributed by atoms with van der Waals surface area (Å²) >= 11 is 1.10.